The first kappa shape index (κ1) is 10.9. The molecule has 0 spiro atoms. The highest BCUT2D eigenvalue weighted by Gasteiger charge is 2.10. The molecule has 3 N–H and O–H groups in total. The molecule has 1 aromatic heterocycles. The maximum absolute atomic E-state index is 5.71. The van der Waals surface area contributed by atoms with E-state index in [1.807, 2.05) is 30.3 Å². The van der Waals surface area contributed by atoms with Crippen LogP contribution in [0.4, 0.5) is 0 Å². The molecule has 0 bridgehead atoms. The minimum atomic E-state index is 0.0789. The number of nitrogens with one attached hydrogen (secondary N) is 1. The van der Waals surface area contributed by atoms with E-state index >= 15 is 0 Å². The summed E-state index contributed by atoms with van der Waals surface area (Å²) in [5.74, 6) is 0.887. The predicted octanol–water partition coefficient (Wildman–Crippen LogP) is 2.07. The van der Waals surface area contributed by atoms with Gasteiger partial charge in [-0.2, -0.15) is 0 Å². The lowest BCUT2D eigenvalue weighted by Crippen LogP contribution is -2.27. The largest absolute Gasteiger partial charge is 0.468 e. The fourth-order valence-electron chi connectivity index (χ4n) is 1.63. The van der Waals surface area contributed by atoms with Gasteiger partial charge in [0.15, 0.2) is 0 Å². The number of hydrogen-bond donors (Lipinski definition) is 2. The lowest BCUT2D eigenvalue weighted by atomic mass is 10.2. The summed E-state index contributed by atoms with van der Waals surface area (Å²) in [5, 5.41) is 3.37. The van der Waals surface area contributed by atoms with Crippen LogP contribution in [-0.2, 0) is 6.54 Å². The zero-order chi connectivity index (χ0) is 11.2. The lowest BCUT2D eigenvalue weighted by Gasteiger charge is -2.14. The number of hydrogen-bond acceptors (Lipinski definition) is 3. The van der Waals surface area contributed by atoms with Gasteiger partial charge in [0, 0.05) is 13.1 Å². The van der Waals surface area contributed by atoms with E-state index in [0.717, 1.165) is 12.3 Å². The van der Waals surface area contributed by atoms with Crippen LogP contribution in [0.3, 0.4) is 0 Å². The SMILES string of the molecule is NC[C@@H](NCc1ccccc1)c1ccco1. The average molecular weight is 216 g/mol. The van der Waals surface area contributed by atoms with Gasteiger partial charge < -0.3 is 15.5 Å². The fraction of sp³-hybridized carbons (Fsp3) is 0.231. The second-order valence-corrected chi connectivity index (χ2v) is 3.67. The van der Waals surface area contributed by atoms with Gasteiger partial charge >= 0.3 is 0 Å². The van der Waals surface area contributed by atoms with Gasteiger partial charge in [-0.15, -0.1) is 0 Å². The van der Waals surface area contributed by atoms with Crippen LogP contribution in [0, 0.1) is 0 Å². The van der Waals surface area contributed by atoms with Gasteiger partial charge in [0.05, 0.1) is 12.3 Å². The zero-order valence-electron chi connectivity index (χ0n) is 9.10. The molecule has 2 aromatic rings. The van der Waals surface area contributed by atoms with E-state index in [9.17, 15) is 0 Å². The quantitative estimate of drug-likeness (QED) is 0.804. The molecule has 3 heteroatoms. The third-order valence-corrected chi connectivity index (χ3v) is 2.52. The molecule has 1 heterocycles. The average Bonchev–Trinajstić information content (AvgIpc) is 2.85. The standard InChI is InChI=1S/C13H16N2O/c14-9-12(13-7-4-8-16-13)15-10-11-5-2-1-3-6-11/h1-8,12,15H,9-10,14H2/t12-/m1/s1. The second-order valence-electron chi connectivity index (χ2n) is 3.67. The van der Waals surface area contributed by atoms with Crippen molar-refractivity contribution in [1.82, 2.24) is 5.32 Å². The first-order chi connectivity index (χ1) is 7.90. The molecular weight excluding hydrogens is 200 g/mol. The molecule has 0 unspecified atom stereocenters. The summed E-state index contributed by atoms with van der Waals surface area (Å²) in [5.41, 5.74) is 6.95. The Hall–Kier alpha value is -1.58. The highest BCUT2D eigenvalue weighted by molar-refractivity contribution is 5.15. The Balaban J connectivity index is 1.94. The predicted molar refractivity (Wildman–Crippen MR) is 63.8 cm³/mol. The normalized spacial score (nSPS) is 12.6. The second kappa shape index (κ2) is 5.49. The van der Waals surface area contributed by atoms with Gasteiger partial charge in [0.2, 0.25) is 0 Å². The third-order valence-electron chi connectivity index (χ3n) is 2.52. The highest BCUT2D eigenvalue weighted by Crippen LogP contribution is 2.12. The summed E-state index contributed by atoms with van der Waals surface area (Å²) in [6.45, 7) is 1.32. The number of benzene rings is 1. The molecular formula is C13H16N2O. The van der Waals surface area contributed by atoms with E-state index in [1.165, 1.54) is 5.56 Å². The van der Waals surface area contributed by atoms with Gasteiger partial charge in [0.25, 0.3) is 0 Å². The molecule has 0 saturated heterocycles. The third kappa shape index (κ3) is 2.72. The van der Waals surface area contributed by atoms with E-state index in [-0.39, 0.29) is 6.04 Å². The molecule has 2 rings (SSSR count). The minimum absolute atomic E-state index is 0.0789. The van der Waals surface area contributed by atoms with Crippen LogP contribution in [0.5, 0.6) is 0 Å². The Kier molecular flexibility index (Phi) is 3.75. The molecule has 0 aliphatic heterocycles. The fourth-order valence-corrected chi connectivity index (χ4v) is 1.63. The van der Waals surface area contributed by atoms with E-state index < -0.39 is 0 Å². The van der Waals surface area contributed by atoms with Crippen LogP contribution in [0.25, 0.3) is 0 Å². The monoisotopic (exact) mass is 216 g/mol. The number of nitrogens with two attached hydrogens (primary N) is 1. The first-order valence-electron chi connectivity index (χ1n) is 5.41. The molecule has 16 heavy (non-hydrogen) atoms. The van der Waals surface area contributed by atoms with E-state index in [0.29, 0.717) is 6.54 Å². The smallest absolute Gasteiger partial charge is 0.121 e. The van der Waals surface area contributed by atoms with E-state index in [4.69, 9.17) is 10.2 Å². The van der Waals surface area contributed by atoms with Crippen molar-refractivity contribution < 1.29 is 4.42 Å². The minimum Gasteiger partial charge on any atom is -0.468 e. The summed E-state index contributed by atoms with van der Waals surface area (Å²) in [7, 11) is 0. The van der Waals surface area contributed by atoms with Crippen LogP contribution < -0.4 is 11.1 Å². The zero-order valence-corrected chi connectivity index (χ0v) is 9.10. The van der Waals surface area contributed by atoms with Crippen molar-refractivity contribution in [2.24, 2.45) is 5.73 Å². The van der Waals surface area contributed by atoms with Crippen molar-refractivity contribution in [3.8, 4) is 0 Å². The summed E-state index contributed by atoms with van der Waals surface area (Å²) < 4.78 is 5.33. The Morgan fingerprint density at radius 3 is 2.56 bits per heavy atom. The maximum atomic E-state index is 5.71. The topological polar surface area (TPSA) is 51.2 Å². The van der Waals surface area contributed by atoms with Crippen LogP contribution >= 0.6 is 0 Å². The lowest BCUT2D eigenvalue weighted by molar-refractivity contribution is 0.416. The molecule has 0 amide bonds. The summed E-state index contributed by atoms with van der Waals surface area (Å²) in [6, 6.07) is 14.1. The molecule has 0 radical (unpaired) electrons. The van der Waals surface area contributed by atoms with Gasteiger partial charge in [0.1, 0.15) is 5.76 Å². The maximum Gasteiger partial charge on any atom is 0.121 e. The molecule has 84 valence electrons. The van der Waals surface area contributed by atoms with Crippen molar-refractivity contribution in [2.45, 2.75) is 12.6 Å². The molecule has 1 atom stereocenters. The Labute approximate surface area is 95.3 Å². The number of rotatable bonds is 5. The molecule has 0 aliphatic rings. The molecule has 3 nitrogen and oxygen atoms in total. The Bertz CT molecular complexity index is 397. The summed E-state index contributed by atoms with van der Waals surface area (Å²) in [6.07, 6.45) is 1.67. The van der Waals surface area contributed by atoms with Crippen molar-refractivity contribution in [3.05, 3.63) is 60.1 Å². The Morgan fingerprint density at radius 1 is 1.12 bits per heavy atom. The van der Waals surface area contributed by atoms with Gasteiger partial charge in [-0.3, -0.25) is 0 Å². The van der Waals surface area contributed by atoms with Crippen molar-refractivity contribution in [3.63, 3.8) is 0 Å². The molecule has 0 fully saturated rings. The van der Waals surface area contributed by atoms with Crippen LogP contribution in [0.2, 0.25) is 0 Å². The van der Waals surface area contributed by atoms with Crippen molar-refractivity contribution >= 4 is 0 Å². The van der Waals surface area contributed by atoms with Crippen LogP contribution in [0.1, 0.15) is 17.4 Å². The van der Waals surface area contributed by atoms with Crippen molar-refractivity contribution in [1.29, 1.82) is 0 Å². The molecule has 0 saturated carbocycles. The molecule has 1 aromatic carbocycles. The van der Waals surface area contributed by atoms with E-state index in [1.54, 1.807) is 6.26 Å². The highest BCUT2D eigenvalue weighted by atomic mass is 16.3. The van der Waals surface area contributed by atoms with Gasteiger partial charge in [-0.05, 0) is 17.7 Å². The summed E-state index contributed by atoms with van der Waals surface area (Å²) >= 11 is 0. The summed E-state index contributed by atoms with van der Waals surface area (Å²) in [4.78, 5) is 0. The Morgan fingerprint density at radius 2 is 1.94 bits per heavy atom. The first-order valence-corrected chi connectivity index (χ1v) is 5.41. The van der Waals surface area contributed by atoms with Gasteiger partial charge in [-0.25, -0.2) is 0 Å². The van der Waals surface area contributed by atoms with Crippen LogP contribution in [-0.4, -0.2) is 6.54 Å². The van der Waals surface area contributed by atoms with Gasteiger partial charge in [-0.1, -0.05) is 30.3 Å². The number of furan rings is 1. The van der Waals surface area contributed by atoms with E-state index in [2.05, 4.69) is 17.4 Å². The van der Waals surface area contributed by atoms with Crippen LogP contribution in [0.15, 0.2) is 53.1 Å². The van der Waals surface area contributed by atoms with Crippen molar-refractivity contribution in [2.75, 3.05) is 6.54 Å². The molecule has 0 aliphatic carbocycles.